The van der Waals surface area contributed by atoms with Gasteiger partial charge in [0.15, 0.2) is 0 Å². The molecule has 0 saturated carbocycles. The highest BCUT2D eigenvalue weighted by molar-refractivity contribution is 7.10. The van der Waals surface area contributed by atoms with Crippen molar-refractivity contribution < 1.29 is 14.7 Å². The van der Waals surface area contributed by atoms with Crippen LogP contribution in [0.15, 0.2) is 23.7 Å². The monoisotopic (exact) mass is 333 g/mol. The predicted octanol–water partition coefficient (Wildman–Crippen LogP) is 2.36. The molecule has 3 rings (SSSR count). The summed E-state index contributed by atoms with van der Waals surface area (Å²) in [6.45, 7) is 3.21. The largest absolute Gasteiger partial charge is 0.480 e. The summed E-state index contributed by atoms with van der Waals surface area (Å²) >= 11 is 1.58. The van der Waals surface area contributed by atoms with Gasteiger partial charge in [0.2, 0.25) is 0 Å². The van der Waals surface area contributed by atoms with E-state index in [1.807, 2.05) is 29.3 Å². The molecule has 122 valence electrons. The smallest absolute Gasteiger partial charge is 0.325 e. The highest BCUT2D eigenvalue weighted by Crippen LogP contribution is 2.28. The Bertz CT molecular complexity index is 722. The van der Waals surface area contributed by atoms with Crippen LogP contribution in [0, 0.1) is 6.92 Å². The minimum atomic E-state index is -0.910. The molecule has 0 aromatic carbocycles. The average Bonchev–Trinajstić information content (AvgIpc) is 3.15. The van der Waals surface area contributed by atoms with Gasteiger partial charge in [-0.25, -0.2) is 0 Å². The standard InChI is InChI=1S/C16H19N3O3S/c1-11-7-13(10-23-11)16(22)18-6-2-3-12(8-18)14-4-5-17-19(14)9-15(20)21/h4-5,7,10,12H,2-3,6,8-9H2,1H3,(H,20,21). The van der Waals surface area contributed by atoms with E-state index in [2.05, 4.69) is 5.10 Å². The molecule has 2 aromatic heterocycles. The molecule has 1 amide bonds. The van der Waals surface area contributed by atoms with Gasteiger partial charge in [-0.15, -0.1) is 11.3 Å². The zero-order valence-electron chi connectivity index (χ0n) is 12.9. The molecule has 0 radical (unpaired) electrons. The van der Waals surface area contributed by atoms with Crippen LogP contribution in [0.1, 0.15) is 39.7 Å². The van der Waals surface area contributed by atoms with Crippen LogP contribution in [0.2, 0.25) is 0 Å². The molecule has 1 aliphatic heterocycles. The molecule has 7 heteroatoms. The van der Waals surface area contributed by atoms with Gasteiger partial charge in [-0.3, -0.25) is 14.3 Å². The summed E-state index contributed by atoms with van der Waals surface area (Å²) < 4.78 is 1.52. The fourth-order valence-corrected chi connectivity index (χ4v) is 3.77. The lowest BCUT2D eigenvalue weighted by atomic mass is 9.94. The minimum absolute atomic E-state index is 0.0587. The lowest BCUT2D eigenvalue weighted by molar-refractivity contribution is -0.137. The zero-order chi connectivity index (χ0) is 16.4. The third-order valence-corrected chi connectivity index (χ3v) is 5.00. The number of nitrogens with zero attached hydrogens (tertiary/aromatic N) is 3. The van der Waals surface area contributed by atoms with E-state index in [0.29, 0.717) is 6.54 Å². The Kier molecular flexibility index (Phi) is 4.47. The van der Waals surface area contributed by atoms with Gasteiger partial charge >= 0.3 is 5.97 Å². The van der Waals surface area contributed by atoms with Crippen molar-refractivity contribution in [1.82, 2.24) is 14.7 Å². The van der Waals surface area contributed by atoms with E-state index >= 15 is 0 Å². The van der Waals surface area contributed by atoms with Crippen molar-refractivity contribution in [2.75, 3.05) is 13.1 Å². The van der Waals surface area contributed by atoms with Crippen LogP contribution in [0.3, 0.4) is 0 Å². The highest BCUT2D eigenvalue weighted by atomic mass is 32.1. The van der Waals surface area contributed by atoms with Crippen molar-refractivity contribution in [2.24, 2.45) is 0 Å². The summed E-state index contributed by atoms with van der Waals surface area (Å²) in [6, 6.07) is 3.78. The van der Waals surface area contributed by atoms with E-state index in [4.69, 9.17) is 5.11 Å². The van der Waals surface area contributed by atoms with Gasteiger partial charge in [-0.1, -0.05) is 0 Å². The van der Waals surface area contributed by atoms with Gasteiger partial charge in [-0.2, -0.15) is 5.10 Å². The molecule has 2 aromatic rings. The molecule has 1 atom stereocenters. The van der Waals surface area contributed by atoms with Crippen LogP contribution < -0.4 is 0 Å². The summed E-state index contributed by atoms with van der Waals surface area (Å²) in [5.74, 6) is -0.718. The van der Waals surface area contributed by atoms with Crippen molar-refractivity contribution >= 4 is 23.2 Å². The summed E-state index contributed by atoms with van der Waals surface area (Å²) in [5.41, 5.74) is 1.64. The number of thiophene rings is 1. The summed E-state index contributed by atoms with van der Waals surface area (Å²) in [6.07, 6.45) is 3.48. The Morgan fingerprint density at radius 1 is 1.48 bits per heavy atom. The number of carbonyl (C=O) groups is 2. The van der Waals surface area contributed by atoms with E-state index in [-0.39, 0.29) is 18.4 Å². The lowest BCUT2D eigenvalue weighted by Crippen LogP contribution is -2.39. The average molecular weight is 333 g/mol. The normalized spacial score (nSPS) is 18.1. The maximum Gasteiger partial charge on any atom is 0.325 e. The third kappa shape index (κ3) is 3.44. The SMILES string of the molecule is Cc1cc(C(=O)N2CCCC(c3ccnn3CC(=O)O)C2)cs1. The van der Waals surface area contributed by atoms with Crippen molar-refractivity contribution in [3.63, 3.8) is 0 Å². The first-order chi connectivity index (χ1) is 11.0. The first kappa shape index (κ1) is 15.7. The van der Waals surface area contributed by atoms with Crippen LogP contribution in [0.4, 0.5) is 0 Å². The van der Waals surface area contributed by atoms with Gasteiger partial charge in [0, 0.05) is 41.2 Å². The number of amides is 1. The Labute approximate surface area is 138 Å². The molecule has 0 bridgehead atoms. The Morgan fingerprint density at radius 3 is 3.00 bits per heavy atom. The van der Waals surface area contributed by atoms with E-state index < -0.39 is 5.97 Å². The molecule has 1 N–H and O–H groups in total. The Morgan fingerprint density at radius 2 is 2.30 bits per heavy atom. The second-order valence-corrected chi connectivity index (χ2v) is 6.96. The predicted molar refractivity (Wildman–Crippen MR) is 86.8 cm³/mol. The minimum Gasteiger partial charge on any atom is -0.480 e. The fourth-order valence-electron chi connectivity index (χ4n) is 3.09. The molecule has 1 saturated heterocycles. The van der Waals surface area contributed by atoms with Gasteiger partial charge in [-0.05, 0) is 31.9 Å². The number of likely N-dealkylation sites (tertiary alicyclic amines) is 1. The van der Waals surface area contributed by atoms with E-state index in [1.54, 1.807) is 17.5 Å². The molecule has 1 aliphatic rings. The first-order valence-electron chi connectivity index (χ1n) is 7.62. The number of carboxylic acids is 1. The van der Waals surface area contributed by atoms with Gasteiger partial charge in [0.25, 0.3) is 5.91 Å². The summed E-state index contributed by atoms with van der Waals surface area (Å²) in [5, 5.41) is 15.0. The zero-order valence-corrected chi connectivity index (χ0v) is 13.8. The van der Waals surface area contributed by atoms with Gasteiger partial charge in [0.1, 0.15) is 6.54 Å². The number of rotatable bonds is 4. The quantitative estimate of drug-likeness (QED) is 0.932. The number of carboxylic acid groups (broad SMARTS) is 1. The third-order valence-electron chi connectivity index (χ3n) is 4.14. The fraction of sp³-hybridized carbons (Fsp3) is 0.438. The molecule has 0 spiro atoms. The van der Waals surface area contributed by atoms with Crippen LogP contribution in [-0.2, 0) is 11.3 Å². The Balaban J connectivity index is 1.75. The number of hydrogen-bond acceptors (Lipinski definition) is 4. The number of aliphatic carboxylic acids is 1. The van der Waals surface area contributed by atoms with Crippen LogP contribution in [0.25, 0.3) is 0 Å². The number of hydrogen-bond donors (Lipinski definition) is 1. The number of aromatic nitrogens is 2. The van der Waals surface area contributed by atoms with Crippen molar-refractivity contribution in [3.8, 4) is 0 Å². The number of piperidine rings is 1. The molecule has 3 heterocycles. The second-order valence-electron chi connectivity index (χ2n) is 5.84. The summed E-state index contributed by atoms with van der Waals surface area (Å²) in [7, 11) is 0. The van der Waals surface area contributed by atoms with Crippen LogP contribution in [-0.4, -0.2) is 44.8 Å². The maximum atomic E-state index is 12.6. The molecular formula is C16H19N3O3S. The Hall–Kier alpha value is -2.15. The van der Waals surface area contributed by atoms with Crippen molar-refractivity contribution in [2.45, 2.75) is 32.2 Å². The van der Waals surface area contributed by atoms with E-state index in [1.165, 1.54) is 4.68 Å². The molecule has 1 unspecified atom stereocenters. The van der Waals surface area contributed by atoms with Crippen molar-refractivity contribution in [1.29, 1.82) is 0 Å². The molecule has 6 nitrogen and oxygen atoms in total. The van der Waals surface area contributed by atoms with Gasteiger partial charge < -0.3 is 10.0 Å². The van der Waals surface area contributed by atoms with Crippen molar-refractivity contribution in [3.05, 3.63) is 39.8 Å². The lowest BCUT2D eigenvalue weighted by Gasteiger charge is -2.32. The van der Waals surface area contributed by atoms with E-state index in [9.17, 15) is 9.59 Å². The molecule has 0 aliphatic carbocycles. The van der Waals surface area contributed by atoms with Gasteiger partial charge in [0.05, 0.1) is 5.56 Å². The number of carbonyl (C=O) groups excluding carboxylic acids is 1. The maximum absolute atomic E-state index is 12.6. The van der Waals surface area contributed by atoms with Crippen LogP contribution >= 0.6 is 11.3 Å². The second kappa shape index (κ2) is 6.54. The molecule has 23 heavy (non-hydrogen) atoms. The topological polar surface area (TPSA) is 75.4 Å². The highest BCUT2D eigenvalue weighted by Gasteiger charge is 2.28. The molecular weight excluding hydrogens is 314 g/mol. The van der Waals surface area contributed by atoms with Crippen LogP contribution in [0.5, 0.6) is 0 Å². The van der Waals surface area contributed by atoms with E-state index in [0.717, 1.165) is 35.5 Å². The number of aryl methyl sites for hydroxylation is 1. The summed E-state index contributed by atoms with van der Waals surface area (Å²) in [4.78, 5) is 26.5. The molecule has 1 fully saturated rings. The first-order valence-corrected chi connectivity index (χ1v) is 8.50.